The van der Waals surface area contributed by atoms with Crippen molar-refractivity contribution in [2.45, 2.75) is 32.4 Å². The molecule has 0 fully saturated rings. The largest absolute Gasteiger partial charge is 0.477 e. The van der Waals surface area contributed by atoms with Crippen LogP contribution in [0.4, 0.5) is 0 Å². The molecule has 29 heavy (non-hydrogen) atoms. The van der Waals surface area contributed by atoms with Gasteiger partial charge in [0.05, 0.1) is 10.7 Å². The highest BCUT2D eigenvalue weighted by Gasteiger charge is 2.53. The molecule has 0 radical (unpaired) electrons. The van der Waals surface area contributed by atoms with Gasteiger partial charge in [0.25, 0.3) is 0 Å². The lowest BCUT2D eigenvalue weighted by Crippen LogP contribution is -2.36. The van der Waals surface area contributed by atoms with Crippen molar-refractivity contribution >= 4 is 46.1 Å². The van der Waals surface area contributed by atoms with Gasteiger partial charge < -0.3 is 10.0 Å². The fourth-order valence-electron chi connectivity index (χ4n) is 3.92. The minimum Gasteiger partial charge on any atom is -0.477 e. The van der Waals surface area contributed by atoms with Crippen LogP contribution in [0, 0.1) is 5.92 Å². The van der Waals surface area contributed by atoms with Crippen molar-refractivity contribution in [1.82, 2.24) is 9.88 Å². The maximum Gasteiger partial charge on any atom is 0.344 e. The lowest BCUT2D eigenvalue weighted by Gasteiger charge is -2.36. The molecule has 1 N–H and O–H groups in total. The lowest BCUT2D eigenvalue weighted by atomic mass is 9.83. The number of pyridine rings is 1. The summed E-state index contributed by atoms with van der Waals surface area (Å²) < 4.78 is 0. The molecule has 150 valence electrons. The molecule has 0 bridgehead atoms. The summed E-state index contributed by atoms with van der Waals surface area (Å²) in [6.07, 6.45) is 1.61. The molecule has 0 spiro atoms. The second-order valence-electron chi connectivity index (χ2n) is 7.50. The Morgan fingerprint density at radius 1 is 1.17 bits per heavy atom. The molecule has 0 unspecified atom stereocenters. The van der Waals surface area contributed by atoms with Crippen LogP contribution in [-0.4, -0.2) is 26.1 Å². The first-order valence-electron chi connectivity index (χ1n) is 9.14. The maximum atomic E-state index is 11.9. The standard InChI is InChI=1S/C21H19Cl2N3O2S/c1-11(2)16-17(19(27)28)29-20-25-21(3,12-4-6-13(22)7-5-12)18(26(16)20)15-9-8-14(23)10-24-15/h4-11,18H,1-3H3,(H,27,28)/t18-,21+/m1/s1. The molecule has 5 nitrogen and oxygen atoms in total. The molecular weight excluding hydrogens is 429 g/mol. The molecule has 0 saturated heterocycles. The Balaban J connectivity index is 1.92. The van der Waals surface area contributed by atoms with E-state index in [-0.39, 0.29) is 12.0 Å². The van der Waals surface area contributed by atoms with E-state index in [0.717, 1.165) is 17.0 Å². The number of benzene rings is 1. The summed E-state index contributed by atoms with van der Waals surface area (Å²) in [6, 6.07) is 11.0. The van der Waals surface area contributed by atoms with Gasteiger partial charge in [0, 0.05) is 16.9 Å². The Labute approximate surface area is 183 Å². The number of amidine groups is 1. The topological polar surface area (TPSA) is 65.8 Å². The maximum absolute atomic E-state index is 11.9. The van der Waals surface area contributed by atoms with Crippen LogP contribution in [0.1, 0.15) is 38.1 Å². The third-order valence-electron chi connectivity index (χ3n) is 5.21. The van der Waals surface area contributed by atoms with Gasteiger partial charge in [-0.2, -0.15) is 0 Å². The van der Waals surface area contributed by atoms with E-state index in [0.29, 0.717) is 20.1 Å². The van der Waals surface area contributed by atoms with E-state index in [1.54, 1.807) is 12.3 Å². The zero-order valence-corrected chi connectivity index (χ0v) is 18.4. The van der Waals surface area contributed by atoms with Gasteiger partial charge in [-0.3, -0.25) is 4.98 Å². The Kier molecular flexibility index (Phi) is 5.13. The van der Waals surface area contributed by atoms with Crippen molar-refractivity contribution in [2.24, 2.45) is 10.9 Å². The number of rotatable bonds is 4. The van der Waals surface area contributed by atoms with Crippen LogP contribution in [0.2, 0.25) is 10.0 Å². The van der Waals surface area contributed by atoms with Crippen molar-refractivity contribution in [3.8, 4) is 0 Å². The van der Waals surface area contributed by atoms with Gasteiger partial charge in [0.2, 0.25) is 0 Å². The fraction of sp³-hybridized carbons (Fsp3) is 0.286. The molecule has 2 aliphatic rings. The second-order valence-corrected chi connectivity index (χ2v) is 9.35. The van der Waals surface area contributed by atoms with Gasteiger partial charge >= 0.3 is 5.97 Å². The molecule has 0 aliphatic carbocycles. The van der Waals surface area contributed by atoms with E-state index < -0.39 is 11.5 Å². The van der Waals surface area contributed by atoms with Crippen LogP contribution in [0.3, 0.4) is 0 Å². The molecule has 0 saturated carbocycles. The van der Waals surface area contributed by atoms with Gasteiger partial charge in [-0.05, 0) is 54.4 Å². The van der Waals surface area contributed by atoms with Gasteiger partial charge in [0.15, 0.2) is 5.17 Å². The van der Waals surface area contributed by atoms with E-state index in [1.165, 1.54) is 11.8 Å². The molecule has 0 amide bonds. The van der Waals surface area contributed by atoms with Gasteiger partial charge in [-0.1, -0.05) is 49.2 Å². The minimum atomic E-state index is -0.938. The molecule has 1 aromatic carbocycles. The summed E-state index contributed by atoms with van der Waals surface area (Å²) in [4.78, 5) is 23.8. The number of halogens is 2. The second kappa shape index (κ2) is 7.35. The van der Waals surface area contributed by atoms with Crippen molar-refractivity contribution in [2.75, 3.05) is 0 Å². The number of aliphatic carboxylic acids is 1. The van der Waals surface area contributed by atoms with Crippen LogP contribution < -0.4 is 0 Å². The quantitative estimate of drug-likeness (QED) is 0.649. The number of hydrogen-bond acceptors (Lipinski definition) is 5. The molecular formula is C21H19Cl2N3O2S. The highest BCUT2D eigenvalue weighted by molar-refractivity contribution is 8.18. The summed E-state index contributed by atoms with van der Waals surface area (Å²) >= 11 is 13.4. The number of carboxylic acids is 1. The zero-order chi connectivity index (χ0) is 20.9. The van der Waals surface area contributed by atoms with Gasteiger partial charge in [-0.25, -0.2) is 9.79 Å². The van der Waals surface area contributed by atoms with E-state index >= 15 is 0 Å². The number of thioether (sulfide) groups is 1. The summed E-state index contributed by atoms with van der Waals surface area (Å²) in [7, 11) is 0. The van der Waals surface area contributed by atoms with Crippen LogP contribution in [0.5, 0.6) is 0 Å². The molecule has 2 aromatic rings. The number of hydrogen-bond donors (Lipinski definition) is 1. The summed E-state index contributed by atoms with van der Waals surface area (Å²) in [5, 5.41) is 11.6. The van der Waals surface area contributed by atoms with E-state index in [2.05, 4.69) is 4.98 Å². The van der Waals surface area contributed by atoms with E-state index in [4.69, 9.17) is 28.2 Å². The number of aliphatic imine (C=N–C) groups is 1. The predicted octanol–water partition coefficient (Wildman–Crippen LogP) is 5.72. The van der Waals surface area contributed by atoms with Crippen LogP contribution >= 0.6 is 35.0 Å². The molecule has 2 atom stereocenters. The number of aromatic nitrogens is 1. The zero-order valence-electron chi connectivity index (χ0n) is 16.1. The van der Waals surface area contributed by atoms with E-state index in [1.807, 2.05) is 56.0 Å². The Hall–Kier alpha value is -2.02. The highest BCUT2D eigenvalue weighted by Crippen LogP contribution is 2.55. The van der Waals surface area contributed by atoms with Crippen LogP contribution in [0.15, 0.2) is 58.2 Å². The molecule has 8 heteroatoms. The molecule has 4 rings (SSSR count). The average Bonchev–Trinajstić information content (AvgIpc) is 3.16. The molecule has 1 aromatic heterocycles. The molecule has 3 heterocycles. The number of allylic oxidation sites excluding steroid dienone is 1. The molecule has 2 aliphatic heterocycles. The SMILES string of the molecule is CC(C)C1=C(C(=O)O)SC2=N[C@@](C)(c3ccc(Cl)cc3)[C@@H](c3ccc(Cl)cn3)N21. The predicted molar refractivity (Wildman–Crippen MR) is 117 cm³/mol. The summed E-state index contributed by atoms with van der Waals surface area (Å²) in [6.45, 7) is 6.03. The first-order chi connectivity index (χ1) is 13.7. The number of carboxylic acid groups (broad SMARTS) is 1. The van der Waals surface area contributed by atoms with Crippen molar-refractivity contribution < 1.29 is 9.90 Å². The first kappa shape index (κ1) is 20.3. The van der Waals surface area contributed by atoms with Gasteiger partial charge in [-0.15, -0.1) is 0 Å². The lowest BCUT2D eigenvalue weighted by molar-refractivity contribution is -0.131. The minimum absolute atomic E-state index is 0.00340. The average molecular weight is 448 g/mol. The summed E-state index contributed by atoms with van der Waals surface area (Å²) in [5.41, 5.74) is 1.83. The normalized spacial score (nSPS) is 23.6. The van der Waals surface area contributed by atoms with Gasteiger partial charge in [0.1, 0.15) is 16.5 Å². The highest BCUT2D eigenvalue weighted by atomic mass is 35.5. The first-order valence-corrected chi connectivity index (χ1v) is 10.7. The fourth-order valence-corrected chi connectivity index (χ4v) is 5.40. The monoisotopic (exact) mass is 447 g/mol. The van der Waals surface area contributed by atoms with Crippen LogP contribution in [0.25, 0.3) is 0 Å². The Morgan fingerprint density at radius 2 is 1.83 bits per heavy atom. The van der Waals surface area contributed by atoms with Crippen molar-refractivity contribution in [3.63, 3.8) is 0 Å². The number of fused-ring (bicyclic) bond motifs is 1. The third-order valence-corrected chi connectivity index (χ3v) is 6.74. The Morgan fingerprint density at radius 3 is 2.38 bits per heavy atom. The summed E-state index contributed by atoms with van der Waals surface area (Å²) in [5.74, 6) is -0.935. The number of nitrogens with zero attached hydrogens (tertiary/aromatic N) is 3. The van der Waals surface area contributed by atoms with E-state index in [9.17, 15) is 9.90 Å². The smallest absolute Gasteiger partial charge is 0.344 e. The van der Waals surface area contributed by atoms with Crippen molar-refractivity contribution in [3.05, 3.63) is 74.5 Å². The third kappa shape index (κ3) is 3.33. The Bertz CT molecular complexity index is 1030. The van der Waals surface area contributed by atoms with Crippen molar-refractivity contribution in [1.29, 1.82) is 0 Å². The number of carbonyl (C=O) groups is 1. The van der Waals surface area contributed by atoms with Crippen LogP contribution in [-0.2, 0) is 10.3 Å².